The summed E-state index contributed by atoms with van der Waals surface area (Å²) in [5.41, 5.74) is 2.02. The van der Waals surface area contributed by atoms with Crippen LogP contribution in [0.4, 0.5) is 21.6 Å². The minimum Gasteiger partial charge on any atom is -0.481 e. The number of fused-ring (bicyclic) bond motifs is 1. The Labute approximate surface area is 249 Å². The van der Waals surface area contributed by atoms with Crippen LogP contribution in [0, 0.1) is 11.2 Å². The first-order valence-electron chi connectivity index (χ1n) is 13.8. The number of pyridine rings is 2. The molecule has 42 heavy (non-hydrogen) atoms. The van der Waals surface area contributed by atoms with Gasteiger partial charge in [-0.15, -0.1) is 0 Å². The Bertz CT molecular complexity index is 1510. The van der Waals surface area contributed by atoms with Gasteiger partial charge in [-0.3, -0.25) is 9.59 Å². The number of aliphatic carboxylic acids is 1. The molecule has 3 aromatic rings. The molecule has 1 unspecified atom stereocenters. The van der Waals surface area contributed by atoms with Crippen molar-refractivity contribution in [2.24, 2.45) is 5.41 Å². The van der Waals surface area contributed by atoms with E-state index in [4.69, 9.17) is 26.4 Å². The number of benzene rings is 1. The highest BCUT2D eigenvalue weighted by Crippen LogP contribution is 2.48. The Balaban J connectivity index is 1.41. The van der Waals surface area contributed by atoms with Crippen molar-refractivity contribution in [3.8, 4) is 0 Å². The van der Waals surface area contributed by atoms with Crippen molar-refractivity contribution in [1.82, 2.24) is 14.9 Å². The summed E-state index contributed by atoms with van der Waals surface area (Å²) in [5, 5.41) is 9.08. The molecule has 4 heterocycles. The van der Waals surface area contributed by atoms with E-state index < -0.39 is 22.7 Å². The number of aromatic nitrogens is 2. The van der Waals surface area contributed by atoms with E-state index >= 15 is 0 Å². The van der Waals surface area contributed by atoms with Crippen LogP contribution >= 0.6 is 11.6 Å². The minimum atomic E-state index is -0.902. The molecule has 11 heteroatoms. The highest BCUT2D eigenvalue weighted by molar-refractivity contribution is 6.30. The van der Waals surface area contributed by atoms with E-state index in [2.05, 4.69) is 23.7 Å². The van der Waals surface area contributed by atoms with Crippen molar-refractivity contribution in [2.75, 3.05) is 43.1 Å². The number of carboxylic acid groups (broad SMARTS) is 1. The van der Waals surface area contributed by atoms with Crippen molar-refractivity contribution in [3.63, 3.8) is 0 Å². The second-order valence-corrected chi connectivity index (χ2v) is 12.6. The fraction of sp³-hybridized carbons (Fsp3) is 0.419. The van der Waals surface area contributed by atoms with Gasteiger partial charge in [-0.25, -0.2) is 14.4 Å². The lowest BCUT2D eigenvalue weighted by Crippen LogP contribution is -2.61. The van der Waals surface area contributed by atoms with Crippen LogP contribution in [0.3, 0.4) is 0 Å². The van der Waals surface area contributed by atoms with Crippen LogP contribution in [0.2, 0.25) is 5.02 Å². The zero-order valence-corrected chi connectivity index (χ0v) is 25.2. The van der Waals surface area contributed by atoms with Crippen LogP contribution < -0.4 is 9.80 Å². The van der Waals surface area contributed by atoms with Gasteiger partial charge < -0.3 is 24.5 Å². The highest BCUT2D eigenvalue weighted by Gasteiger charge is 2.43. The van der Waals surface area contributed by atoms with Crippen LogP contribution in [-0.4, -0.2) is 70.7 Å². The molecule has 9 nitrogen and oxygen atoms in total. The van der Waals surface area contributed by atoms with Crippen molar-refractivity contribution in [1.29, 1.82) is 0 Å². The number of ether oxygens (including phenoxy) is 1. The second kappa shape index (κ2) is 11.1. The summed E-state index contributed by atoms with van der Waals surface area (Å²) in [4.78, 5) is 40.2. The summed E-state index contributed by atoms with van der Waals surface area (Å²) in [5.74, 6) is -0.856. The summed E-state index contributed by atoms with van der Waals surface area (Å²) in [6.45, 7) is 10.2. The third-order valence-corrected chi connectivity index (χ3v) is 8.33. The molecule has 1 aromatic carbocycles. The Kier molecular flexibility index (Phi) is 7.89. The number of hydrogen-bond acceptors (Lipinski definition) is 7. The van der Waals surface area contributed by atoms with Gasteiger partial charge in [0.2, 0.25) is 0 Å². The van der Waals surface area contributed by atoms with Crippen LogP contribution in [-0.2, 0) is 16.0 Å². The van der Waals surface area contributed by atoms with Crippen molar-refractivity contribution < 1.29 is 23.8 Å². The number of rotatable bonds is 6. The van der Waals surface area contributed by atoms with Gasteiger partial charge in [0.15, 0.2) is 0 Å². The molecule has 2 aliphatic heterocycles. The zero-order chi connectivity index (χ0) is 30.4. The van der Waals surface area contributed by atoms with Gasteiger partial charge in [-0.1, -0.05) is 31.5 Å². The molecular formula is C31H35ClFN5O4. The number of methoxy groups -OCH3 is 1. The molecule has 5 rings (SSSR count). The van der Waals surface area contributed by atoms with Gasteiger partial charge in [-0.2, -0.15) is 0 Å². The van der Waals surface area contributed by atoms with E-state index in [0.29, 0.717) is 48.8 Å². The average Bonchev–Trinajstić information content (AvgIpc) is 2.92. The molecule has 0 saturated carbocycles. The monoisotopic (exact) mass is 595 g/mol. The third-order valence-electron chi connectivity index (χ3n) is 8.02. The van der Waals surface area contributed by atoms with Crippen LogP contribution in [0.1, 0.15) is 55.5 Å². The predicted molar refractivity (Wildman–Crippen MR) is 159 cm³/mol. The Morgan fingerprint density at radius 2 is 1.86 bits per heavy atom. The molecule has 2 aromatic heterocycles. The van der Waals surface area contributed by atoms with Gasteiger partial charge in [-0.05, 0) is 55.8 Å². The number of carboxylic acids is 1. The zero-order valence-electron chi connectivity index (χ0n) is 24.4. The Morgan fingerprint density at radius 3 is 2.48 bits per heavy atom. The molecule has 0 radical (unpaired) electrons. The van der Waals surface area contributed by atoms with Crippen molar-refractivity contribution in [3.05, 3.63) is 76.5 Å². The first-order valence-corrected chi connectivity index (χ1v) is 14.2. The number of carbonyl (C=O) groups is 2. The quantitative estimate of drug-likeness (QED) is 0.399. The SMILES string of the molecule is COC1c2nc(C(=O)N3CCN(c4ccc(CC(=O)O)cn4)CC3(C)C)ccc2N(c2ccc(Cl)c(F)c2)CC1(C)C. The van der Waals surface area contributed by atoms with Crippen molar-refractivity contribution in [2.45, 2.75) is 45.8 Å². The normalized spacial score (nSPS) is 19.4. The topological polar surface area (TPSA) is 99.1 Å². The maximum atomic E-state index is 14.4. The van der Waals surface area contributed by atoms with Gasteiger partial charge >= 0.3 is 5.97 Å². The highest BCUT2D eigenvalue weighted by atomic mass is 35.5. The summed E-state index contributed by atoms with van der Waals surface area (Å²) >= 11 is 5.95. The Hall–Kier alpha value is -3.76. The largest absolute Gasteiger partial charge is 0.481 e. The molecule has 0 aliphatic carbocycles. The maximum absolute atomic E-state index is 14.4. The third kappa shape index (κ3) is 5.65. The van der Waals surface area contributed by atoms with E-state index in [0.717, 1.165) is 11.5 Å². The molecular weight excluding hydrogens is 561 g/mol. The number of piperazine rings is 1. The number of nitrogens with zero attached hydrogens (tertiary/aromatic N) is 5. The summed E-state index contributed by atoms with van der Waals surface area (Å²) in [6.07, 6.45) is 1.12. The number of anilines is 3. The predicted octanol–water partition coefficient (Wildman–Crippen LogP) is 5.50. The molecule has 1 N–H and O–H groups in total. The second-order valence-electron chi connectivity index (χ2n) is 12.2. The average molecular weight is 596 g/mol. The van der Waals surface area contributed by atoms with Gasteiger partial charge in [0.1, 0.15) is 23.4 Å². The Morgan fingerprint density at radius 1 is 1.10 bits per heavy atom. The molecule has 1 fully saturated rings. The smallest absolute Gasteiger partial charge is 0.307 e. The lowest BCUT2D eigenvalue weighted by molar-refractivity contribution is -0.136. The number of hydrogen-bond donors (Lipinski definition) is 1. The van der Waals surface area contributed by atoms with Crippen LogP contribution in [0.15, 0.2) is 48.7 Å². The number of halogens is 2. The van der Waals surface area contributed by atoms with E-state index in [1.807, 2.05) is 35.8 Å². The molecule has 1 amide bonds. The van der Waals surface area contributed by atoms with Crippen LogP contribution in [0.25, 0.3) is 0 Å². The molecule has 1 saturated heterocycles. The number of carbonyl (C=O) groups excluding carboxylic acids is 1. The molecule has 0 spiro atoms. The van der Waals surface area contributed by atoms with Gasteiger partial charge in [0, 0.05) is 50.6 Å². The van der Waals surface area contributed by atoms with E-state index in [-0.39, 0.29) is 23.5 Å². The standard InChI is InChI=1S/C31H35ClFN5O4/c1-30(2)17-37(20-7-8-21(32)22(33)15-20)24-10-9-23(35-27(24)28(30)42-5)29(41)38-13-12-36(18-31(38,3)4)25-11-6-19(16-34-25)14-26(39)40/h6-11,15-16,28H,12-14,17-18H2,1-5H3,(H,39,40). The van der Waals surface area contributed by atoms with Gasteiger partial charge in [0.25, 0.3) is 5.91 Å². The van der Waals surface area contributed by atoms with E-state index in [9.17, 15) is 14.0 Å². The number of amides is 1. The summed E-state index contributed by atoms with van der Waals surface area (Å²) in [6, 6.07) is 11.9. The minimum absolute atomic E-state index is 0.0535. The first kappa shape index (κ1) is 29.7. The molecule has 1 atom stereocenters. The fourth-order valence-corrected chi connectivity index (χ4v) is 6.13. The molecule has 222 valence electrons. The van der Waals surface area contributed by atoms with E-state index in [1.54, 1.807) is 31.5 Å². The van der Waals surface area contributed by atoms with E-state index in [1.165, 1.54) is 12.1 Å². The lowest BCUT2D eigenvalue weighted by Gasteiger charge is -2.47. The van der Waals surface area contributed by atoms with Gasteiger partial charge in [0.05, 0.1) is 28.4 Å². The molecule has 0 bridgehead atoms. The maximum Gasteiger partial charge on any atom is 0.307 e. The van der Waals surface area contributed by atoms with Crippen LogP contribution in [0.5, 0.6) is 0 Å². The molecule has 2 aliphatic rings. The lowest BCUT2D eigenvalue weighted by atomic mass is 9.79. The summed E-state index contributed by atoms with van der Waals surface area (Å²) < 4.78 is 20.3. The van der Waals surface area contributed by atoms with Crippen molar-refractivity contribution >= 4 is 40.7 Å². The summed E-state index contributed by atoms with van der Waals surface area (Å²) in [7, 11) is 1.63. The fourth-order valence-electron chi connectivity index (χ4n) is 6.02. The first-order chi connectivity index (χ1) is 19.8.